The number of aliphatic hydroxyl groups is 1. The highest BCUT2D eigenvalue weighted by molar-refractivity contribution is 9.09. The number of thioether (sulfide) groups is 1. The Morgan fingerprint density at radius 3 is 2.77 bits per heavy atom. The Balaban J connectivity index is 1.64. The Kier molecular flexibility index (Phi) is 6.65. The lowest BCUT2D eigenvalue weighted by atomic mass is 9.71. The number of esters is 1. The molecule has 168 valence electrons. The molecule has 3 unspecified atom stereocenters. The minimum atomic E-state index is -0.685. The first-order valence-electron chi connectivity index (χ1n) is 10.7. The molecule has 3 aliphatic rings. The topological polar surface area (TPSA) is 95.9 Å². The van der Waals surface area contributed by atoms with E-state index in [4.69, 9.17) is 4.74 Å². The van der Waals surface area contributed by atoms with Crippen LogP contribution in [-0.2, 0) is 25.7 Å². The largest absolute Gasteiger partial charge is 0.466 e. The summed E-state index contributed by atoms with van der Waals surface area (Å²) in [6.45, 7) is 2.58. The number of carbonyl (C=O) groups is 3. The van der Waals surface area contributed by atoms with E-state index in [1.54, 1.807) is 23.6 Å². The van der Waals surface area contributed by atoms with Crippen molar-refractivity contribution in [1.29, 1.82) is 0 Å². The standard InChI is InChI=1S/C22H27BrN2O5S/c1-2-30-21(29)15-16-20(28)25(9-6-10-26)18(22(16)11-14(23)17(15)31-22)19(27)24-12-13-7-4-3-5-8-13/h3-5,7-8,14-18,26H,2,6,9-12H2,1H3,(H,24,27)/t14?,15-,16-,17-,18?,22?/m0/s1. The molecule has 7 nitrogen and oxygen atoms in total. The number of fused-ring (bicyclic) bond motifs is 1. The summed E-state index contributed by atoms with van der Waals surface area (Å²) in [4.78, 5) is 41.4. The van der Waals surface area contributed by atoms with Gasteiger partial charge in [0, 0.05) is 29.8 Å². The van der Waals surface area contributed by atoms with Gasteiger partial charge in [-0.05, 0) is 25.3 Å². The van der Waals surface area contributed by atoms with Gasteiger partial charge in [-0.2, -0.15) is 0 Å². The van der Waals surface area contributed by atoms with Crippen LogP contribution < -0.4 is 5.32 Å². The van der Waals surface area contributed by atoms with Crippen molar-refractivity contribution in [2.75, 3.05) is 19.8 Å². The molecule has 2 bridgehead atoms. The Morgan fingerprint density at radius 1 is 1.35 bits per heavy atom. The molecule has 0 aliphatic carbocycles. The summed E-state index contributed by atoms with van der Waals surface area (Å²) in [5.74, 6) is -1.91. The summed E-state index contributed by atoms with van der Waals surface area (Å²) < 4.78 is 4.64. The second-order valence-corrected chi connectivity index (χ2v) is 10.9. The normalized spacial score (nSPS) is 33.5. The molecule has 0 radical (unpaired) electrons. The third-order valence-corrected chi connectivity index (χ3v) is 9.68. The van der Waals surface area contributed by atoms with Crippen LogP contribution in [0.1, 0.15) is 25.3 Å². The van der Waals surface area contributed by atoms with Gasteiger partial charge >= 0.3 is 5.97 Å². The van der Waals surface area contributed by atoms with Gasteiger partial charge in [-0.1, -0.05) is 46.3 Å². The third-order valence-electron chi connectivity index (χ3n) is 6.46. The molecule has 0 saturated carbocycles. The number of benzene rings is 1. The molecule has 2 amide bonds. The SMILES string of the molecule is CCOC(=O)[C@H]1[C@H]2C(=O)N(CCCO)C(C(=O)NCc3ccccc3)C23CC(Br)[C@@H]1S3. The van der Waals surface area contributed by atoms with Gasteiger partial charge in [0.1, 0.15) is 6.04 Å². The van der Waals surface area contributed by atoms with Gasteiger partial charge in [-0.3, -0.25) is 14.4 Å². The number of hydrogen-bond acceptors (Lipinski definition) is 6. The number of carbonyl (C=O) groups excluding carboxylic acids is 3. The minimum Gasteiger partial charge on any atom is -0.466 e. The predicted molar refractivity (Wildman–Crippen MR) is 121 cm³/mol. The van der Waals surface area contributed by atoms with Crippen molar-refractivity contribution in [2.24, 2.45) is 11.8 Å². The van der Waals surface area contributed by atoms with Gasteiger partial charge in [0.05, 0.1) is 23.2 Å². The van der Waals surface area contributed by atoms with E-state index in [0.717, 1.165) is 5.56 Å². The molecule has 31 heavy (non-hydrogen) atoms. The Bertz CT molecular complexity index is 856. The van der Waals surface area contributed by atoms with E-state index < -0.39 is 22.6 Å². The van der Waals surface area contributed by atoms with Crippen LogP contribution >= 0.6 is 27.7 Å². The highest BCUT2D eigenvalue weighted by Crippen LogP contribution is 2.67. The van der Waals surface area contributed by atoms with Crippen LogP contribution in [-0.4, -0.2) is 68.4 Å². The minimum absolute atomic E-state index is 0.0261. The molecule has 1 aromatic carbocycles. The maximum Gasteiger partial charge on any atom is 0.310 e. The fourth-order valence-electron chi connectivity index (χ4n) is 5.30. The molecular weight excluding hydrogens is 484 g/mol. The van der Waals surface area contributed by atoms with Gasteiger partial charge < -0.3 is 20.1 Å². The number of nitrogens with zero attached hydrogens (tertiary/aromatic N) is 1. The molecule has 3 saturated heterocycles. The number of rotatable bonds is 8. The quantitative estimate of drug-likeness (QED) is 0.408. The third kappa shape index (κ3) is 3.78. The Hall–Kier alpha value is -1.58. The van der Waals surface area contributed by atoms with E-state index >= 15 is 0 Å². The van der Waals surface area contributed by atoms with Gasteiger partial charge in [-0.15, -0.1) is 11.8 Å². The number of likely N-dealkylation sites (tertiary alicyclic amines) is 1. The number of hydrogen-bond donors (Lipinski definition) is 2. The van der Waals surface area contributed by atoms with Crippen LogP contribution in [0.15, 0.2) is 30.3 Å². The van der Waals surface area contributed by atoms with Crippen LogP contribution in [0.5, 0.6) is 0 Å². The van der Waals surface area contributed by atoms with Crippen molar-refractivity contribution in [3.63, 3.8) is 0 Å². The van der Waals surface area contributed by atoms with E-state index in [-0.39, 0.29) is 47.6 Å². The van der Waals surface area contributed by atoms with Gasteiger partial charge in [0.25, 0.3) is 0 Å². The van der Waals surface area contributed by atoms with Crippen LogP contribution in [0.25, 0.3) is 0 Å². The average Bonchev–Trinajstić information content (AvgIpc) is 3.35. The number of alkyl halides is 1. The van der Waals surface area contributed by atoms with E-state index in [0.29, 0.717) is 19.4 Å². The van der Waals surface area contributed by atoms with Crippen molar-refractivity contribution < 1.29 is 24.2 Å². The molecule has 4 rings (SSSR count). The second kappa shape index (κ2) is 9.11. The number of amides is 2. The molecule has 0 aromatic heterocycles. The fraction of sp³-hybridized carbons (Fsp3) is 0.591. The van der Waals surface area contributed by atoms with Crippen LogP contribution in [0.3, 0.4) is 0 Å². The highest BCUT2D eigenvalue weighted by atomic mass is 79.9. The van der Waals surface area contributed by atoms with Crippen LogP contribution in [0, 0.1) is 11.8 Å². The zero-order valence-corrected chi connectivity index (χ0v) is 19.7. The van der Waals surface area contributed by atoms with E-state index in [1.165, 1.54) is 0 Å². The van der Waals surface area contributed by atoms with Crippen molar-refractivity contribution in [3.8, 4) is 0 Å². The summed E-state index contributed by atoms with van der Waals surface area (Å²) in [5, 5.41) is 12.3. The average molecular weight is 511 g/mol. The lowest BCUT2D eigenvalue weighted by Crippen LogP contribution is -2.54. The molecule has 6 atom stereocenters. The van der Waals surface area contributed by atoms with Crippen LogP contribution in [0.4, 0.5) is 0 Å². The van der Waals surface area contributed by atoms with Crippen molar-refractivity contribution in [1.82, 2.24) is 10.2 Å². The van der Waals surface area contributed by atoms with Crippen molar-refractivity contribution in [3.05, 3.63) is 35.9 Å². The number of halogens is 1. The number of nitrogens with one attached hydrogen (secondary N) is 1. The first-order valence-corrected chi connectivity index (χ1v) is 12.5. The zero-order chi connectivity index (χ0) is 22.2. The van der Waals surface area contributed by atoms with E-state index in [9.17, 15) is 19.5 Å². The predicted octanol–water partition coefficient (Wildman–Crippen LogP) is 1.71. The molecule has 3 heterocycles. The molecular formula is C22H27BrN2O5S. The first-order chi connectivity index (χ1) is 14.9. The molecule has 1 spiro atoms. The molecule has 3 fully saturated rings. The highest BCUT2D eigenvalue weighted by Gasteiger charge is 2.75. The smallest absolute Gasteiger partial charge is 0.310 e. The van der Waals surface area contributed by atoms with E-state index in [1.807, 2.05) is 30.3 Å². The van der Waals surface area contributed by atoms with E-state index in [2.05, 4.69) is 21.2 Å². The number of ether oxygens (including phenoxy) is 1. The summed E-state index contributed by atoms with van der Waals surface area (Å²) in [5.41, 5.74) is 0.974. The summed E-state index contributed by atoms with van der Waals surface area (Å²) >= 11 is 5.29. The van der Waals surface area contributed by atoms with Gasteiger partial charge in [0.2, 0.25) is 11.8 Å². The molecule has 9 heteroatoms. The van der Waals surface area contributed by atoms with Gasteiger partial charge in [-0.25, -0.2) is 0 Å². The Morgan fingerprint density at radius 2 is 2.10 bits per heavy atom. The van der Waals surface area contributed by atoms with Crippen LogP contribution in [0.2, 0.25) is 0 Å². The summed E-state index contributed by atoms with van der Waals surface area (Å²) in [6.07, 6.45) is 1.01. The lowest BCUT2D eigenvalue weighted by molar-refractivity contribution is -0.153. The van der Waals surface area contributed by atoms with Crippen molar-refractivity contribution >= 4 is 45.5 Å². The summed E-state index contributed by atoms with van der Waals surface area (Å²) in [6, 6.07) is 8.93. The molecule has 3 aliphatic heterocycles. The zero-order valence-electron chi connectivity index (χ0n) is 17.3. The van der Waals surface area contributed by atoms with Gasteiger partial charge in [0.15, 0.2) is 0 Å². The molecule has 1 aromatic rings. The maximum atomic E-state index is 13.5. The Labute approximate surface area is 194 Å². The lowest BCUT2D eigenvalue weighted by Gasteiger charge is -2.35. The molecule has 2 N–H and O–H groups in total. The summed E-state index contributed by atoms with van der Waals surface area (Å²) in [7, 11) is 0. The monoisotopic (exact) mass is 510 g/mol. The number of aliphatic hydroxyl groups excluding tert-OH is 1. The fourth-order valence-corrected chi connectivity index (χ4v) is 8.90. The second-order valence-electron chi connectivity index (χ2n) is 8.23. The van der Waals surface area contributed by atoms with Crippen molar-refractivity contribution in [2.45, 2.75) is 47.2 Å². The maximum absolute atomic E-state index is 13.5. The first kappa shape index (κ1) is 22.6.